The number of rotatable bonds is 6. The number of carbonyl (C=O) groups excluding carboxylic acids is 2. The minimum Gasteiger partial charge on any atom is -0.485 e. The van der Waals surface area contributed by atoms with Crippen LogP contribution in [0.1, 0.15) is 11.3 Å². The summed E-state index contributed by atoms with van der Waals surface area (Å²) in [6.45, 7) is 1.58. The van der Waals surface area contributed by atoms with Crippen LogP contribution in [0.2, 0.25) is 5.15 Å². The van der Waals surface area contributed by atoms with Crippen LogP contribution in [0.4, 0.5) is 0 Å². The molecule has 0 aliphatic carbocycles. The fourth-order valence-electron chi connectivity index (χ4n) is 3.04. The minimum absolute atomic E-state index is 0.0613. The van der Waals surface area contributed by atoms with Gasteiger partial charge in [-0.25, -0.2) is 10.1 Å². The molecule has 32 heavy (non-hydrogen) atoms. The number of benzene rings is 2. The van der Waals surface area contributed by atoms with E-state index in [4.69, 9.17) is 21.1 Å². The molecule has 4 rings (SSSR count). The number of para-hydroxylation sites is 3. The lowest BCUT2D eigenvalue weighted by molar-refractivity contribution is -0.132. The zero-order valence-corrected chi connectivity index (χ0v) is 17.9. The first kappa shape index (κ1) is 21.4. The smallest absolute Gasteiger partial charge is 0.265 e. The van der Waals surface area contributed by atoms with Crippen molar-refractivity contribution in [3.63, 3.8) is 0 Å². The van der Waals surface area contributed by atoms with E-state index in [1.165, 1.54) is 6.21 Å². The third-order valence-corrected chi connectivity index (χ3v) is 5.02. The predicted molar refractivity (Wildman–Crippen MR) is 118 cm³/mol. The molecule has 0 radical (unpaired) electrons. The second kappa shape index (κ2) is 9.52. The van der Waals surface area contributed by atoms with E-state index in [1.54, 1.807) is 29.8 Å². The van der Waals surface area contributed by atoms with Gasteiger partial charge in [0.25, 0.3) is 11.8 Å². The highest BCUT2D eigenvalue weighted by atomic mass is 35.5. The largest absolute Gasteiger partial charge is 0.485 e. The van der Waals surface area contributed by atoms with Gasteiger partial charge in [0.15, 0.2) is 11.5 Å². The van der Waals surface area contributed by atoms with E-state index in [-0.39, 0.29) is 13.2 Å². The number of aromatic nitrogens is 2. The van der Waals surface area contributed by atoms with E-state index in [1.807, 2.05) is 36.4 Å². The summed E-state index contributed by atoms with van der Waals surface area (Å²) in [5, 5.41) is 11.2. The number of carbonyl (C=O) groups is 2. The quantitative estimate of drug-likeness (QED) is 0.439. The number of nitrogens with zero attached hydrogens (tertiary/aromatic N) is 3. The van der Waals surface area contributed by atoms with Crippen molar-refractivity contribution in [2.75, 3.05) is 13.2 Å². The maximum Gasteiger partial charge on any atom is 0.265 e. The average Bonchev–Trinajstić information content (AvgIpc) is 3.11. The normalized spacial score (nSPS) is 14.9. The van der Waals surface area contributed by atoms with Crippen LogP contribution >= 0.6 is 11.6 Å². The van der Waals surface area contributed by atoms with Crippen LogP contribution in [-0.2, 0) is 9.59 Å². The summed E-state index contributed by atoms with van der Waals surface area (Å²) in [6.07, 6.45) is 0.574. The molecule has 0 spiro atoms. The Hall–Kier alpha value is -3.85. The first-order chi connectivity index (χ1) is 15.5. The van der Waals surface area contributed by atoms with Crippen molar-refractivity contribution in [3.05, 3.63) is 71.0 Å². The van der Waals surface area contributed by atoms with Gasteiger partial charge in [0, 0.05) is 0 Å². The third kappa shape index (κ3) is 4.73. The molecule has 2 aromatic carbocycles. The number of fused-ring (bicyclic) bond motifs is 1. The van der Waals surface area contributed by atoms with E-state index in [0.717, 1.165) is 5.69 Å². The molecule has 0 bridgehead atoms. The molecule has 2 N–H and O–H groups in total. The molecule has 0 saturated carbocycles. The fraction of sp³-hybridized carbons (Fsp3) is 0.182. The molecule has 3 aromatic rings. The Kier molecular flexibility index (Phi) is 6.37. The Morgan fingerprint density at radius 1 is 1.19 bits per heavy atom. The summed E-state index contributed by atoms with van der Waals surface area (Å²) in [5.74, 6) is 0.0991. The van der Waals surface area contributed by atoms with Gasteiger partial charge in [-0.15, -0.1) is 0 Å². The highest BCUT2D eigenvalue weighted by Gasteiger charge is 2.27. The minimum atomic E-state index is -0.841. The van der Waals surface area contributed by atoms with Crippen molar-refractivity contribution in [3.8, 4) is 17.2 Å². The van der Waals surface area contributed by atoms with Gasteiger partial charge in [0.1, 0.15) is 11.8 Å². The maximum absolute atomic E-state index is 12.3. The molecular formula is C22H20ClN5O4. The number of amides is 2. The summed E-state index contributed by atoms with van der Waals surface area (Å²) in [6, 6.07) is 16.5. The van der Waals surface area contributed by atoms with Crippen LogP contribution in [0.25, 0.3) is 5.69 Å². The third-order valence-electron chi connectivity index (χ3n) is 4.66. The molecule has 10 heteroatoms. The number of nitrogens with one attached hydrogen (secondary N) is 2. The molecular weight excluding hydrogens is 434 g/mol. The van der Waals surface area contributed by atoms with Crippen molar-refractivity contribution in [1.82, 2.24) is 20.5 Å². The summed E-state index contributed by atoms with van der Waals surface area (Å²) in [5.41, 5.74) is 4.39. The van der Waals surface area contributed by atoms with Gasteiger partial charge in [0.05, 0.1) is 29.7 Å². The molecule has 1 unspecified atom stereocenters. The maximum atomic E-state index is 12.3. The lowest BCUT2D eigenvalue weighted by Crippen LogP contribution is -2.46. The number of hydrazone groups is 1. The molecule has 1 aromatic heterocycles. The number of hydrogen-bond acceptors (Lipinski definition) is 6. The fourth-order valence-corrected chi connectivity index (χ4v) is 3.36. The van der Waals surface area contributed by atoms with Crippen LogP contribution < -0.4 is 20.2 Å². The van der Waals surface area contributed by atoms with Gasteiger partial charge >= 0.3 is 0 Å². The lowest BCUT2D eigenvalue weighted by atomic mass is 10.2. The molecule has 1 aliphatic heterocycles. The van der Waals surface area contributed by atoms with Crippen molar-refractivity contribution >= 4 is 29.6 Å². The second-order valence-corrected chi connectivity index (χ2v) is 7.27. The van der Waals surface area contributed by atoms with Crippen LogP contribution in [0.3, 0.4) is 0 Å². The zero-order valence-electron chi connectivity index (χ0n) is 17.1. The molecule has 2 amide bonds. The highest BCUT2D eigenvalue weighted by molar-refractivity contribution is 6.32. The van der Waals surface area contributed by atoms with Crippen molar-refractivity contribution in [1.29, 1.82) is 0 Å². The zero-order chi connectivity index (χ0) is 22.5. The van der Waals surface area contributed by atoms with Crippen molar-refractivity contribution in [2.24, 2.45) is 5.10 Å². The molecule has 164 valence electrons. The Labute approximate surface area is 189 Å². The van der Waals surface area contributed by atoms with Gasteiger partial charge in [-0.3, -0.25) is 9.59 Å². The van der Waals surface area contributed by atoms with E-state index in [2.05, 4.69) is 20.9 Å². The highest BCUT2D eigenvalue weighted by Crippen LogP contribution is 2.30. The van der Waals surface area contributed by atoms with Gasteiger partial charge in [-0.1, -0.05) is 41.9 Å². The standard InChI is InChI=1S/C22H20ClN5O4/c1-14-16(21(23)28(27-14)15-7-3-2-4-8-15)11-25-26-20(29)12-24-22(30)19-13-31-17-9-5-6-10-18(17)32-19/h2-11,19H,12-13H2,1H3,(H,24,30)(H,26,29)/b25-11+. The second-order valence-electron chi connectivity index (χ2n) is 6.91. The van der Waals surface area contributed by atoms with E-state index in [9.17, 15) is 9.59 Å². The summed E-state index contributed by atoms with van der Waals surface area (Å²) in [7, 11) is 0. The lowest BCUT2D eigenvalue weighted by Gasteiger charge is -2.25. The Morgan fingerprint density at radius 2 is 1.91 bits per heavy atom. The predicted octanol–water partition coefficient (Wildman–Crippen LogP) is 2.24. The molecule has 2 heterocycles. The Balaban J connectivity index is 1.29. The van der Waals surface area contributed by atoms with Gasteiger partial charge in [0.2, 0.25) is 6.10 Å². The molecule has 1 aliphatic rings. The molecule has 9 nitrogen and oxygen atoms in total. The first-order valence-electron chi connectivity index (χ1n) is 9.81. The Bertz CT molecular complexity index is 1160. The average molecular weight is 454 g/mol. The van der Waals surface area contributed by atoms with Crippen molar-refractivity contribution in [2.45, 2.75) is 13.0 Å². The summed E-state index contributed by atoms with van der Waals surface area (Å²) >= 11 is 6.42. The van der Waals surface area contributed by atoms with Crippen molar-refractivity contribution < 1.29 is 19.1 Å². The van der Waals surface area contributed by atoms with E-state index < -0.39 is 17.9 Å². The number of aryl methyl sites for hydroxylation is 1. The van der Waals surface area contributed by atoms with Gasteiger partial charge in [-0.05, 0) is 31.2 Å². The van der Waals surface area contributed by atoms with E-state index >= 15 is 0 Å². The van der Waals surface area contributed by atoms with Crippen LogP contribution in [-0.4, -0.2) is 47.1 Å². The first-order valence-corrected chi connectivity index (χ1v) is 10.2. The topological polar surface area (TPSA) is 107 Å². The number of halogens is 1. The van der Waals surface area contributed by atoms with Crippen LogP contribution in [0.5, 0.6) is 11.5 Å². The number of hydrogen-bond donors (Lipinski definition) is 2. The van der Waals surface area contributed by atoms with Gasteiger partial charge < -0.3 is 14.8 Å². The summed E-state index contributed by atoms with van der Waals surface area (Å²) in [4.78, 5) is 24.3. The molecule has 1 atom stereocenters. The number of ether oxygens (including phenoxy) is 2. The van der Waals surface area contributed by atoms with Crippen LogP contribution in [0, 0.1) is 6.92 Å². The SMILES string of the molecule is Cc1nn(-c2ccccc2)c(Cl)c1/C=N/NC(=O)CNC(=O)C1COc2ccccc2O1. The molecule has 0 saturated heterocycles. The van der Waals surface area contributed by atoms with Gasteiger partial charge in [-0.2, -0.15) is 10.2 Å². The monoisotopic (exact) mass is 453 g/mol. The summed E-state index contributed by atoms with van der Waals surface area (Å²) < 4.78 is 12.7. The van der Waals surface area contributed by atoms with Crippen LogP contribution in [0.15, 0.2) is 59.7 Å². The Morgan fingerprint density at radius 3 is 2.69 bits per heavy atom. The molecule has 0 fully saturated rings. The van der Waals surface area contributed by atoms with E-state index in [0.29, 0.717) is 27.9 Å².